The van der Waals surface area contributed by atoms with Crippen molar-refractivity contribution in [2.24, 2.45) is 0 Å². The van der Waals surface area contributed by atoms with Gasteiger partial charge < -0.3 is 14.6 Å². The minimum Gasteiger partial charge on any atom is -0.391 e. The summed E-state index contributed by atoms with van der Waals surface area (Å²) in [5.41, 5.74) is 4.12. The summed E-state index contributed by atoms with van der Waals surface area (Å²) in [7, 11) is 0. The topological polar surface area (TPSA) is 41.9 Å². The lowest BCUT2D eigenvalue weighted by Crippen LogP contribution is -2.52. The van der Waals surface area contributed by atoms with Gasteiger partial charge in [0.15, 0.2) is 0 Å². The van der Waals surface area contributed by atoms with Crippen molar-refractivity contribution in [3.63, 3.8) is 0 Å². The fourth-order valence-electron chi connectivity index (χ4n) is 3.82. The van der Waals surface area contributed by atoms with Crippen molar-refractivity contribution < 1.29 is 14.6 Å². The second kappa shape index (κ2) is 6.22. The minimum atomic E-state index is -0.543. The molecule has 0 aliphatic carbocycles. The Kier molecular flexibility index (Phi) is 4.16. The average Bonchev–Trinajstić information content (AvgIpc) is 3.15. The van der Waals surface area contributed by atoms with Crippen LogP contribution >= 0.6 is 0 Å². The number of benzene rings is 2. The monoisotopic (exact) mass is 339 g/mol. The van der Waals surface area contributed by atoms with Crippen molar-refractivity contribution in [1.29, 1.82) is 0 Å². The molecule has 25 heavy (non-hydrogen) atoms. The molecule has 2 aromatic carbocycles. The normalized spacial score (nSPS) is 30.4. The molecule has 132 valence electrons. The van der Waals surface area contributed by atoms with Gasteiger partial charge in [-0.05, 0) is 31.9 Å². The molecular weight excluding hydrogens is 314 g/mol. The summed E-state index contributed by atoms with van der Waals surface area (Å²) in [6, 6.07) is 16.8. The molecule has 0 bridgehead atoms. The maximum atomic E-state index is 10.5. The molecule has 3 atom stereocenters. The van der Waals surface area contributed by atoms with Gasteiger partial charge >= 0.3 is 0 Å². The Hall–Kier alpha value is -1.72. The number of nitrogens with zero attached hydrogens (tertiary/aromatic N) is 1. The molecule has 0 saturated carbocycles. The molecule has 0 radical (unpaired) electrons. The van der Waals surface area contributed by atoms with Crippen molar-refractivity contribution in [2.45, 2.75) is 44.9 Å². The molecule has 2 saturated heterocycles. The first kappa shape index (κ1) is 16.7. The van der Waals surface area contributed by atoms with E-state index in [2.05, 4.69) is 67.3 Å². The Morgan fingerprint density at radius 3 is 1.64 bits per heavy atom. The first-order valence-corrected chi connectivity index (χ1v) is 8.84. The van der Waals surface area contributed by atoms with E-state index in [0.29, 0.717) is 13.2 Å². The van der Waals surface area contributed by atoms with E-state index in [0.717, 1.165) is 11.1 Å². The summed E-state index contributed by atoms with van der Waals surface area (Å²) >= 11 is 0. The Bertz CT molecular complexity index is 681. The molecule has 0 aromatic heterocycles. The van der Waals surface area contributed by atoms with Crippen LogP contribution in [0.15, 0.2) is 48.5 Å². The molecule has 2 heterocycles. The lowest BCUT2D eigenvalue weighted by Gasteiger charge is -2.36. The van der Waals surface area contributed by atoms with Gasteiger partial charge in [0, 0.05) is 0 Å². The summed E-state index contributed by atoms with van der Waals surface area (Å²) in [5.74, 6) is 0. The Balaban J connectivity index is 1.74. The molecular formula is C21H25NO3. The van der Waals surface area contributed by atoms with Gasteiger partial charge in [-0.2, -0.15) is 0 Å². The summed E-state index contributed by atoms with van der Waals surface area (Å²) in [5, 5.41) is 10.5. The smallest absolute Gasteiger partial charge is 0.139 e. The fourth-order valence-corrected chi connectivity index (χ4v) is 3.82. The van der Waals surface area contributed by atoms with E-state index >= 15 is 0 Å². The van der Waals surface area contributed by atoms with E-state index in [9.17, 15) is 5.11 Å². The number of aliphatic hydroxyl groups excluding tert-OH is 1. The predicted octanol–water partition coefficient (Wildman–Crippen LogP) is 3.48. The van der Waals surface area contributed by atoms with Gasteiger partial charge in [-0.25, -0.2) is 4.90 Å². The van der Waals surface area contributed by atoms with Crippen molar-refractivity contribution >= 4 is 0 Å². The molecule has 1 N–H and O–H groups in total. The van der Waals surface area contributed by atoms with Crippen LogP contribution in [0.5, 0.6) is 0 Å². The highest BCUT2D eigenvalue weighted by Crippen LogP contribution is 2.50. The molecule has 2 aliphatic heterocycles. The Morgan fingerprint density at radius 2 is 1.28 bits per heavy atom. The molecule has 4 rings (SSSR count). The number of aliphatic hydroxyl groups is 1. The van der Waals surface area contributed by atoms with Crippen LogP contribution in [0.1, 0.15) is 41.6 Å². The highest BCUT2D eigenvalue weighted by atomic mass is 16.6. The Labute approximate surface area is 149 Å². The van der Waals surface area contributed by atoms with Gasteiger partial charge in [0.2, 0.25) is 0 Å². The highest BCUT2D eigenvalue weighted by Gasteiger charge is 2.59. The van der Waals surface area contributed by atoms with Gasteiger partial charge in [-0.3, -0.25) is 0 Å². The molecule has 2 aromatic rings. The number of aryl methyl sites for hydroxylation is 2. The van der Waals surface area contributed by atoms with Crippen LogP contribution in [0.2, 0.25) is 0 Å². The lowest BCUT2D eigenvalue weighted by molar-refractivity contribution is -0.0654. The van der Waals surface area contributed by atoms with Gasteiger partial charge in [0.05, 0.1) is 24.9 Å². The first-order valence-electron chi connectivity index (χ1n) is 8.84. The van der Waals surface area contributed by atoms with E-state index in [1.165, 1.54) is 11.1 Å². The maximum absolute atomic E-state index is 10.5. The van der Waals surface area contributed by atoms with E-state index in [1.54, 1.807) is 0 Å². The van der Waals surface area contributed by atoms with E-state index in [-0.39, 0.29) is 12.5 Å². The predicted molar refractivity (Wildman–Crippen MR) is 96.0 cm³/mol. The second-order valence-corrected chi connectivity index (χ2v) is 7.33. The summed E-state index contributed by atoms with van der Waals surface area (Å²) in [4.78, 5) is 2.22. The van der Waals surface area contributed by atoms with Crippen LogP contribution in [0.4, 0.5) is 0 Å². The third kappa shape index (κ3) is 2.70. The van der Waals surface area contributed by atoms with E-state index in [4.69, 9.17) is 9.47 Å². The van der Waals surface area contributed by atoms with Crippen LogP contribution in [0, 0.1) is 13.8 Å². The quantitative estimate of drug-likeness (QED) is 0.930. The zero-order chi connectivity index (χ0) is 17.6. The van der Waals surface area contributed by atoms with Gasteiger partial charge in [0.1, 0.15) is 12.5 Å². The molecule has 3 unspecified atom stereocenters. The van der Waals surface area contributed by atoms with E-state index in [1.807, 2.05) is 6.92 Å². The third-order valence-electron chi connectivity index (χ3n) is 5.50. The maximum Gasteiger partial charge on any atom is 0.139 e. The van der Waals surface area contributed by atoms with E-state index < -0.39 is 11.6 Å². The zero-order valence-electron chi connectivity index (χ0n) is 15.0. The SMILES string of the molecule is Cc1ccc(C2OCC3(C(C)O)COC(c4ccc(C)cc4)N23)cc1. The molecule has 0 spiro atoms. The van der Waals surface area contributed by atoms with Crippen molar-refractivity contribution in [3.8, 4) is 0 Å². The van der Waals surface area contributed by atoms with Crippen molar-refractivity contribution in [3.05, 3.63) is 70.8 Å². The standard InChI is InChI=1S/C21H25NO3/c1-14-4-8-17(9-5-14)19-22-20(18-10-6-15(2)7-11-18)25-13-21(22,12-24-19)16(3)23/h4-11,16,19-20,23H,12-13H2,1-3H3. The van der Waals surface area contributed by atoms with Gasteiger partial charge in [0.25, 0.3) is 0 Å². The number of rotatable bonds is 3. The number of hydrogen-bond acceptors (Lipinski definition) is 4. The zero-order valence-corrected chi connectivity index (χ0v) is 15.0. The van der Waals surface area contributed by atoms with Crippen LogP contribution < -0.4 is 0 Å². The summed E-state index contributed by atoms with van der Waals surface area (Å²) in [6.07, 6.45) is -0.980. The molecule has 4 heteroatoms. The number of hydrogen-bond donors (Lipinski definition) is 1. The average molecular weight is 339 g/mol. The highest BCUT2D eigenvalue weighted by molar-refractivity contribution is 5.29. The molecule has 2 aliphatic rings. The van der Waals surface area contributed by atoms with Gasteiger partial charge in [-0.1, -0.05) is 59.7 Å². The molecule has 0 amide bonds. The first-order chi connectivity index (χ1) is 12.0. The minimum absolute atomic E-state index is 0.219. The van der Waals surface area contributed by atoms with Crippen molar-refractivity contribution in [1.82, 2.24) is 4.90 Å². The van der Waals surface area contributed by atoms with Crippen LogP contribution in [0.25, 0.3) is 0 Å². The largest absolute Gasteiger partial charge is 0.391 e. The Morgan fingerprint density at radius 1 is 0.880 bits per heavy atom. The van der Waals surface area contributed by atoms with Crippen LogP contribution in [-0.2, 0) is 9.47 Å². The lowest BCUT2D eigenvalue weighted by atomic mass is 9.93. The number of fused-ring (bicyclic) bond motifs is 1. The third-order valence-corrected chi connectivity index (χ3v) is 5.50. The molecule has 2 fully saturated rings. The van der Waals surface area contributed by atoms with Crippen LogP contribution in [0.3, 0.4) is 0 Å². The van der Waals surface area contributed by atoms with Gasteiger partial charge in [-0.15, -0.1) is 0 Å². The molecule has 4 nitrogen and oxygen atoms in total. The number of ether oxygens (including phenoxy) is 2. The summed E-state index contributed by atoms with van der Waals surface area (Å²) in [6.45, 7) is 6.91. The second-order valence-electron chi connectivity index (χ2n) is 7.33. The van der Waals surface area contributed by atoms with Crippen molar-refractivity contribution in [2.75, 3.05) is 13.2 Å². The fraction of sp³-hybridized carbons (Fsp3) is 0.429. The van der Waals surface area contributed by atoms with Crippen LogP contribution in [-0.4, -0.2) is 34.9 Å². The summed E-state index contributed by atoms with van der Waals surface area (Å²) < 4.78 is 12.3.